The maximum absolute atomic E-state index is 12.6. The van der Waals surface area contributed by atoms with Crippen molar-refractivity contribution in [2.45, 2.75) is 45.3 Å². The first kappa shape index (κ1) is 19.3. The van der Waals surface area contributed by atoms with E-state index in [1.165, 1.54) is 0 Å². The molecule has 3 rings (SSSR count). The summed E-state index contributed by atoms with van der Waals surface area (Å²) in [5, 5.41) is 16.8. The topological polar surface area (TPSA) is 90.0 Å². The molecule has 0 bridgehead atoms. The lowest BCUT2D eigenvalue weighted by Gasteiger charge is -2.11. The van der Waals surface area contributed by atoms with E-state index in [9.17, 15) is 4.79 Å². The van der Waals surface area contributed by atoms with Crippen molar-refractivity contribution in [1.29, 1.82) is 0 Å². The maximum Gasteiger partial charge on any atom is 0.257 e. The minimum atomic E-state index is -0.144. The van der Waals surface area contributed by atoms with Gasteiger partial charge < -0.3 is 9.88 Å². The highest BCUT2D eigenvalue weighted by atomic mass is 32.2. The Bertz CT molecular complexity index is 931. The summed E-state index contributed by atoms with van der Waals surface area (Å²) in [4.78, 5) is 16.8. The highest BCUT2D eigenvalue weighted by molar-refractivity contribution is 7.98. The third-order valence-corrected chi connectivity index (χ3v) is 4.85. The van der Waals surface area contributed by atoms with E-state index in [4.69, 9.17) is 0 Å². The number of nitrogens with zero attached hydrogens (tertiary/aromatic N) is 6. The third kappa shape index (κ3) is 4.29. The first-order valence-electron chi connectivity index (χ1n) is 9.05. The number of hydrogen-bond donors (Lipinski definition) is 1. The number of amides is 1. The van der Waals surface area contributed by atoms with Crippen LogP contribution in [0.3, 0.4) is 0 Å². The lowest BCUT2D eigenvalue weighted by Crippen LogP contribution is -2.25. The van der Waals surface area contributed by atoms with E-state index in [0.29, 0.717) is 29.4 Å². The van der Waals surface area contributed by atoms with Crippen LogP contribution in [-0.2, 0) is 13.0 Å². The van der Waals surface area contributed by atoms with Crippen LogP contribution in [0.4, 0.5) is 0 Å². The second-order valence-electron chi connectivity index (χ2n) is 6.82. The van der Waals surface area contributed by atoms with Crippen molar-refractivity contribution in [2.24, 2.45) is 5.92 Å². The van der Waals surface area contributed by atoms with Gasteiger partial charge in [-0.05, 0) is 31.6 Å². The highest BCUT2D eigenvalue weighted by Crippen LogP contribution is 2.17. The van der Waals surface area contributed by atoms with E-state index in [2.05, 4.69) is 44.0 Å². The molecule has 3 aromatic heterocycles. The van der Waals surface area contributed by atoms with Gasteiger partial charge in [0.05, 0.1) is 5.69 Å². The van der Waals surface area contributed by atoms with Crippen molar-refractivity contribution in [3.63, 3.8) is 0 Å². The number of aryl methyl sites for hydroxylation is 2. The summed E-state index contributed by atoms with van der Waals surface area (Å²) in [6.45, 7) is 7.65. The van der Waals surface area contributed by atoms with Crippen LogP contribution < -0.4 is 5.32 Å². The molecule has 8 nitrogen and oxygen atoms in total. The van der Waals surface area contributed by atoms with Crippen molar-refractivity contribution < 1.29 is 4.79 Å². The average Bonchev–Trinajstić information content (AvgIpc) is 3.17. The number of thioether (sulfide) groups is 1. The van der Waals surface area contributed by atoms with Gasteiger partial charge in [0.25, 0.3) is 5.91 Å². The zero-order valence-corrected chi connectivity index (χ0v) is 17.0. The molecule has 0 unspecified atom stereocenters. The van der Waals surface area contributed by atoms with Gasteiger partial charge in [-0.1, -0.05) is 25.6 Å². The van der Waals surface area contributed by atoms with Crippen LogP contribution in [0.15, 0.2) is 23.6 Å². The summed E-state index contributed by atoms with van der Waals surface area (Å²) in [6, 6.07) is 1.79. The van der Waals surface area contributed by atoms with Crippen LogP contribution in [0.2, 0.25) is 0 Å². The fourth-order valence-corrected chi connectivity index (χ4v) is 3.53. The zero-order valence-electron chi connectivity index (χ0n) is 16.1. The van der Waals surface area contributed by atoms with Gasteiger partial charge in [0.15, 0.2) is 10.8 Å². The van der Waals surface area contributed by atoms with E-state index >= 15 is 0 Å². The number of hydrogen-bond acceptors (Lipinski definition) is 6. The summed E-state index contributed by atoms with van der Waals surface area (Å²) in [5.74, 6) is 1.35. The number of carbonyl (C=O) groups is 1. The van der Waals surface area contributed by atoms with Gasteiger partial charge >= 0.3 is 0 Å². The Morgan fingerprint density at radius 2 is 2.15 bits per heavy atom. The summed E-state index contributed by atoms with van der Waals surface area (Å²) >= 11 is 1.61. The summed E-state index contributed by atoms with van der Waals surface area (Å²) < 4.78 is 3.80. The molecule has 3 heterocycles. The first-order chi connectivity index (χ1) is 13.0. The molecule has 1 amide bonds. The highest BCUT2D eigenvalue weighted by Gasteiger charge is 2.18. The summed E-state index contributed by atoms with van der Waals surface area (Å²) in [5.41, 5.74) is 1.78. The normalized spacial score (nSPS) is 11.4. The molecule has 0 aliphatic heterocycles. The van der Waals surface area contributed by atoms with E-state index < -0.39 is 0 Å². The van der Waals surface area contributed by atoms with Crippen molar-refractivity contribution in [2.75, 3.05) is 12.8 Å². The monoisotopic (exact) mass is 387 g/mol. The Morgan fingerprint density at radius 3 is 2.89 bits per heavy atom. The van der Waals surface area contributed by atoms with E-state index in [1.807, 2.05) is 13.2 Å². The molecule has 0 spiro atoms. The first-order valence-corrected chi connectivity index (χ1v) is 10.3. The second-order valence-corrected chi connectivity index (χ2v) is 7.59. The molecule has 9 heteroatoms. The van der Waals surface area contributed by atoms with Crippen LogP contribution in [0, 0.1) is 12.8 Å². The summed E-state index contributed by atoms with van der Waals surface area (Å²) in [7, 11) is 0. The molecule has 0 fully saturated rings. The fraction of sp³-hybridized carbons (Fsp3) is 0.500. The largest absolute Gasteiger partial charge is 0.352 e. The third-order valence-electron chi connectivity index (χ3n) is 4.18. The van der Waals surface area contributed by atoms with Gasteiger partial charge in [-0.3, -0.25) is 4.79 Å². The standard InChI is InChI=1S/C18H25N7OS/c1-12(2)11-24-14(21-22-18(24)27-4)7-5-8-20-17(26)15-13(3)23-25-10-6-9-19-16(15)25/h6,9-10,12H,5,7-8,11H2,1-4H3,(H,20,26). The molecule has 3 aromatic rings. The molecule has 0 saturated carbocycles. The molecule has 0 aliphatic rings. The van der Waals surface area contributed by atoms with Gasteiger partial charge in [0.2, 0.25) is 0 Å². The maximum atomic E-state index is 12.6. The molecule has 144 valence electrons. The van der Waals surface area contributed by atoms with Crippen LogP contribution in [0.5, 0.6) is 0 Å². The van der Waals surface area contributed by atoms with E-state index in [0.717, 1.165) is 30.4 Å². The number of aromatic nitrogens is 6. The zero-order chi connectivity index (χ0) is 19.4. The van der Waals surface area contributed by atoms with Crippen molar-refractivity contribution >= 4 is 23.3 Å². The van der Waals surface area contributed by atoms with Gasteiger partial charge in [0, 0.05) is 31.9 Å². The van der Waals surface area contributed by atoms with Crippen LogP contribution in [0.25, 0.3) is 5.65 Å². The minimum Gasteiger partial charge on any atom is -0.352 e. The van der Waals surface area contributed by atoms with Gasteiger partial charge in [-0.25, -0.2) is 9.50 Å². The van der Waals surface area contributed by atoms with Gasteiger partial charge in [-0.15, -0.1) is 10.2 Å². The van der Waals surface area contributed by atoms with Crippen molar-refractivity contribution in [3.8, 4) is 0 Å². The Hall–Kier alpha value is -2.42. The van der Waals surface area contributed by atoms with Gasteiger partial charge in [-0.2, -0.15) is 5.10 Å². The molecule has 0 atom stereocenters. The predicted octanol–water partition coefficient (Wildman–Crippen LogP) is 2.37. The van der Waals surface area contributed by atoms with E-state index in [1.54, 1.807) is 34.7 Å². The fourth-order valence-electron chi connectivity index (χ4n) is 3.00. The lowest BCUT2D eigenvalue weighted by molar-refractivity contribution is 0.0954. The quantitative estimate of drug-likeness (QED) is 0.471. The Balaban J connectivity index is 1.60. The van der Waals surface area contributed by atoms with Crippen LogP contribution >= 0.6 is 11.8 Å². The average molecular weight is 388 g/mol. The molecule has 1 N–H and O–H groups in total. The molecular weight excluding hydrogens is 362 g/mol. The SMILES string of the molecule is CSc1nnc(CCCNC(=O)c2c(C)nn3cccnc23)n1CC(C)C. The molecule has 0 radical (unpaired) electrons. The summed E-state index contributed by atoms with van der Waals surface area (Å²) in [6.07, 6.45) is 7.03. The van der Waals surface area contributed by atoms with Crippen LogP contribution in [0.1, 0.15) is 42.1 Å². The number of fused-ring (bicyclic) bond motifs is 1. The second kappa shape index (κ2) is 8.51. The van der Waals surface area contributed by atoms with Crippen molar-refractivity contribution in [3.05, 3.63) is 35.5 Å². The Kier molecular flexibility index (Phi) is 6.10. The minimum absolute atomic E-state index is 0.144. The Labute approximate surface area is 162 Å². The number of rotatable bonds is 8. The Morgan fingerprint density at radius 1 is 1.33 bits per heavy atom. The van der Waals surface area contributed by atoms with Crippen LogP contribution in [-0.4, -0.2) is 48.1 Å². The lowest BCUT2D eigenvalue weighted by atomic mass is 10.2. The predicted molar refractivity (Wildman–Crippen MR) is 105 cm³/mol. The van der Waals surface area contributed by atoms with Gasteiger partial charge in [0.1, 0.15) is 11.4 Å². The number of carbonyl (C=O) groups excluding carboxylic acids is 1. The molecule has 0 saturated heterocycles. The van der Waals surface area contributed by atoms with Crippen molar-refractivity contribution in [1.82, 2.24) is 34.7 Å². The smallest absolute Gasteiger partial charge is 0.257 e. The number of nitrogens with one attached hydrogen (secondary N) is 1. The van der Waals surface area contributed by atoms with E-state index in [-0.39, 0.29) is 5.91 Å². The molecular formula is C18H25N7OS. The molecule has 0 aromatic carbocycles. The molecule has 27 heavy (non-hydrogen) atoms. The molecule has 0 aliphatic carbocycles.